The summed E-state index contributed by atoms with van der Waals surface area (Å²) in [6.45, 7) is 3.03. The number of piperidine rings is 1. The summed E-state index contributed by atoms with van der Waals surface area (Å²) in [4.78, 5) is 24.4. The van der Waals surface area contributed by atoms with Gasteiger partial charge in [0.2, 0.25) is 0 Å². The molecule has 0 radical (unpaired) electrons. The molecule has 0 unspecified atom stereocenters. The Morgan fingerprint density at radius 3 is 2.42 bits per heavy atom. The molecule has 9 heteroatoms. The van der Waals surface area contributed by atoms with Crippen molar-refractivity contribution in [3.8, 4) is 0 Å². The maximum atomic E-state index is 12.6. The minimum Gasteiger partial charge on any atom is -0.354 e. The average Bonchev–Trinajstić information content (AvgIpc) is 2.80. The van der Waals surface area contributed by atoms with Gasteiger partial charge in [0.25, 0.3) is 5.56 Å². The molecule has 0 amide bonds. The van der Waals surface area contributed by atoms with Crippen molar-refractivity contribution in [2.75, 3.05) is 54.9 Å². The number of H-pyrrole nitrogens is 1. The number of rotatable bonds is 4. The number of pyridine rings is 2. The monoisotopic (exact) mass is 467 g/mol. The zero-order valence-corrected chi connectivity index (χ0v) is 19.6. The van der Waals surface area contributed by atoms with Crippen molar-refractivity contribution in [2.24, 2.45) is 0 Å². The van der Waals surface area contributed by atoms with E-state index in [0.717, 1.165) is 24.2 Å². The molecule has 0 aliphatic carbocycles. The van der Waals surface area contributed by atoms with E-state index in [1.807, 2.05) is 29.2 Å². The van der Waals surface area contributed by atoms with Crippen LogP contribution in [-0.4, -0.2) is 68.0 Å². The summed E-state index contributed by atoms with van der Waals surface area (Å²) in [7, 11) is -0.825. The molecule has 4 heterocycles. The number of anilines is 3. The molecular formula is C24H29N5O3S. The Labute approximate surface area is 193 Å². The third-order valence-electron chi connectivity index (χ3n) is 6.77. The van der Waals surface area contributed by atoms with Crippen molar-refractivity contribution in [3.63, 3.8) is 0 Å². The van der Waals surface area contributed by atoms with Crippen molar-refractivity contribution < 1.29 is 8.42 Å². The second kappa shape index (κ2) is 8.79. The number of hydrogen-bond donors (Lipinski definition) is 2. The first-order valence-corrected chi connectivity index (χ1v) is 13.2. The molecule has 5 rings (SSSR count). The predicted molar refractivity (Wildman–Crippen MR) is 132 cm³/mol. The molecule has 1 aromatic carbocycles. The number of hydrogen-bond acceptors (Lipinski definition) is 7. The molecule has 0 atom stereocenters. The summed E-state index contributed by atoms with van der Waals surface area (Å²) in [5, 5.41) is 4.59. The van der Waals surface area contributed by atoms with Gasteiger partial charge in [-0.2, -0.15) is 0 Å². The lowest BCUT2D eigenvalue weighted by Crippen LogP contribution is -2.40. The van der Waals surface area contributed by atoms with E-state index < -0.39 is 9.84 Å². The van der Waals surface area contributed by atoms with Crippen LogP contribution < -0.4 is 15.8 Å². The maximum Gasteiger partial charge on any atom is 0.259 e. The second-order valence-electron chi connectivity index (χ2n) is 9.06. The Balaban J connectivity index is 1.44. The van der Waals surface area contributed by atoms with Gasteiger partial charge in [0.05, 0.1) is 16.9 Å². The van der Waals surface area contributed by atoms with Crippen molar-refractivity contribution >= 4 is 37.9 Å². The van der Waals surface area contributed by atoms with Crippen LogP contribution in [0.3, 0.4) is 0 Å². The van der Waals surface area contributed by atoms with Gasteiger partial charge in [-0.3, -0.25) is 4.79 Å². The van der Waals surface area contributed by atoms with Crippen LogP contribution in [0, 0.1) is 0 Å². The first-order valence-electron chi connectivity index (χ1n) is 11.4. The van der Waals surface area contributed by atoms with Gasteiger partial charge in [-0.25, -0.2) is 13.4 Å². The molecule has 2 saturated heterocycles. The quantitative estimate of drug-likeness (QED) is 0.609. The van der Waals surface area contributed by atoms with Crippen LogP contribution in [0.5, 0.6) is 0 Å². The Bertz CT molecular complexity index is 1300. The van der Waals surface area contributed by atoms with E-state index in [2.05, 4.69) is 34.4 Å². The Hall–Kier alpha value is -2.91. The zero-order chi connectivity index (χ0) is 23.0. The summed E-state index contributed by atoms with van der Waals surface area (Å²) in [6.07, 6.45) is 3.95. The minimum absolute atomic E-state index is 0.114. The van der Waals surface area contributed by atoms with Gasteiger partial charge >= 0.3 is 0 Å². The average molecular weight is 468 g/mol. The van der Waals surface area contributed by atoms with Gasteiger partial charge < -0.3 is 20.1 Å². The first kappa shape index (κ1) is 21.9. The lowest BCUT2D eigenvalue weighted by molar-refractivity contribution is 0.255. The predicted octanol–water partition coefficient (Wildman–Crippen LogP) is 2.71. The third kappa shape index (κ3) is 4.74. The fourth-order valence-corrected chi connectivity index (χ4v) is 5.91. The molecule has 2 N–H and O–H groups in total. The van der Waals surface area contributed by atoms with E-state index >= 15 is 0 Å². The van der Waals surface area contributed by atoms with Crippen molar-refractivity contribution in [2.45, 2.75) is 18.8 Å². The highest BCUT2D eigenvalue weighted by Gasteiger charge is 2.24. The van der Waals surface area contributed by atoms with Crippen molar-refractivity contribution in [1.29, 1.82) is 0 Å². The van der Waals surface area contributed by atoms with E-state index in [-0.39, 0.29) is 17.1 Å². The highest BCUT2D eigenvalue weighted by Crippen LogP contribution is 2.30. The van der Waals surface area contributed by atoms with Crippen LogP contribution in [-0.2, 0) is 9.84 Å². The number of nitrogens with zero attached hydrogens (tertiary/aromatic N) is 3. The lowest BCUT2D eigenvalue weighted by Gasteiger charge is -2.29. The maximum absolute atomic E-state index is 12.6. The summed E-state index contributed by atoms with van der Waals surface area (Å²) >= 11 is 0. The molecule has 0 bridgehead atoms. The lowest BCUT2D eigenvalue weighted by atomic mass is 9.89. The van der Waals surface area contributed by atoms with E-state index in [1.54, 1.807) is 6.20 Å². The second-order valence-corrected chi connectivity index (χ2v) is 11.4. The molecule has 2 aliphatic heterocycles. The van der Waals surface area contributed by atoms with Gasteiger partial charge in [0.15, 0.2) is 9.84 Å². The summed E-state index contributed by atoms with van der Waals surface area (Å²) in [5.41, 5.74) is 1.99. The SMILES string of the molecule is CN1CCC(c2ccc(Nc3nc(N4CCS(=O)(=O)CC4)cc4cc[nH]c(=O)c34)cc2)CC1. The zero-order valence-electron chi connectivity index (χ0n) is 18.8. The topological polar surface area (TPSA) is 98.4 Å². The molecule has 0 spiro atoms. The molecule has 2 fully saturated rings. The molecule has 8 nitrogen and oxygen atoms in total. The van der Waals surface area contributed by atoms with Crippen LogP contribution in [0.4, 0.5) is 17.3 Å². The minimum atomic E-state index is -2.99. The molecular weight excluding hydrogens is 438 g/mol. The molecule has 33 heavy (non-hydrogen) atoms. The van der Waals surface area contributed by atoms with Crippen LogP contribution in [0.15, 0.2) is 47.4 Å². The fraction of sp³-hybridized carbons (Fsp3) is 0.417. The largest absolute Gasteiger partial charge is 0.354 e. The van der Waals surface area contributed by atoms with Crippen LogP contribution in [0.2, 0.25) is 0 Å². The van der Waals surface area contributed by atoms with E-state index in [9.17, 15) is 13.2 Å². The number of nitrogens with one attached hydrogen (secondary N) is 2. The standard InChI is InChI=1S/C24H29N5O3S/c1-28-10-7-18(8-11-28)17-2-4-20(5-3-17)26-23-22-19(6-9-25-24(22)30)16-21(27-23)29-12-14-33(31,32)15-13-29/h2-6,9,16,18H,7-8,10-15H2,1H3,(H,25,30)(H,26,27). The van der Waals surface area contributed by atoms with Crippen LogP contribution in [0.25, 0.3) is 10.8 Å². The number of likely N-dealkylation sites (tertiary alicyclic amines) is 1. The van der Waals surface area contributed by atoms with E-state index in [4.69, 9.17) is 4.98 Å². The normalized spacial score (nSPS) is 19.6. The Kier molecular flexibility index (Phi) is 5.84. The van der Waals surface area contributed by atoms with Crippen LogP contribution in [0.1, 0.15) is 24.3 Å². The molecule has 0 saturated carbocycles. The highest BCUT2D eigenvalue weighted by molar-refractivity contribution is 7.91. The van der Waals surface area contributed by atoms with Gasteiger partial charge in [-0.1, -0.05) is 12.1 Å². The number of fused-ring (bicyclic) bond motifs is 1. The van der Waals surface area contributed by atoms with E-state index in [0.29, 0.717) is 36.0 Å². The number of aromatic nitrogens is 2. The number of benzene rings is 1. The van der Waals surface area contributed by atoms with E-state index in [1.165, 1.54) is 18.4 Å². The molecule has 3 aromatic rings. The van der Waals surface area contributed by atoms with Gasteiger partial charge in [-0.15, -0.1) is 0 Å². The number of aromatic amines is 1. The third-order valence-corrected chi connectivity index (χ3v) is 8.38. The van der Waals surface area contributed by atoms with Gasteiger partial charge in [-0.05, 0) is 74.1 Å². The molecule has 2 aliphatic rings. The summed E-state index contributed by atoms with van der Waals surface area (Å²) in [6, 6.07) is 12.1. The van der Waals surface area contributed by atoms with Crippen LogP contribution >= 0.6 is 0 Å². The Morgan fingerprint density at radius 1 is 1.03 bits per heavy atom. The smallest absolute Gasteiger partial charge is 0.259 e. The first-order chi connectivity index (χ1) is 15.9. The summed E-state index contributed by atoms with van der Waals surface area (Å²) < 4.78 is 23.7. The van der Waals surface area contributed by atoms with Gasteiger partial charge in [0.1, 0.15) is 11.6 Å². The molecule has 174 valence electrons. The Morgan fingerprint density at radius 2 is 1.73 bits per heavy atom. The van der Waals surface area contributed by atoms with Gasteiger partial charge in [0, 0.05) is 25.0 Å². The fourth-order valence-electron chi connectivity index (χ4n) is 4.71. The molecule has 2 aromatic heterocycles. The highest BCUT2D eigenvalue weighted by atomic mass is 32.2. The number of sulfone groups is 1. The van der Waals surface area contributed by atoms with Crippen molar-refractivity contribution in [3.05, 3.63) is 58.5 Å². The van der Waals surface area contributed by atoms with Crippen molar-refractivity contribution in [1.82, 2.24) is 14.9 Å². The summed E-state index contributed by atoms with van der Waals surface area (Å²) in [5.74, 6) is 1.96.